The molecule has 13 heteroatoms. The fraction of sp³-hybridized carbons (Fsp3) is 0.125. The van der Waals surface area contributed by atoms with Crippen molar-refractivity contribution in [3.05, 3.63) is 82.9 Å². The lowest BCUT2D eigenvalue weighted by Crippen LogP contribution is -2.35. The third kappa shape index (κ3) is 5.44. The minimum absolute atomic E-state index is 0.0530. The van der Waals surface area contributed by atoms with E-state index in [0.717, 1.165) is 17.7 Å². The highest BCUT2D eigenvalue weighted by molar-refractivity contribution is 7.92. The second-order valence-corrected chi connectivity index (χ2v) is 10.2. The molecule has 0 atom stereocenters. The molecule has 0 unspecified atom stereocenters. The molecule has 1 aromatic heterocycles. The maximum absolute atomic E-state index is 13.5. The van der Waals surface area contributed by atoms with Crippen molar-refractivity contribution in [1.82, 2.24) is 4.98 Å². The van der Waals surface area contributed by atoms with Crippen LogP contribution in [0.4, 0.5) is 24.5 Å². The number of aromatic amines is 1. The predicted molar refractivity (Wildman–Crippen MR) is 132 cm³/mol. The molecule has 2 N–H and O–H groups in total. The lowest BCUT2D eigenvalue weighted by Gasteiger charge is -2.24. The highest BCUT2D eigenvalue weighted by atomic mass is 35.5. The normalized spacial score (nSPS) is 12.4. The molecule has 0 aliphatic carbocycles. The van der Waals surface area contributed by atoms with Gasteiger partial charge in [0.05, 0.1) is 26.7 Å². The number of anilines is 1. The molecule has 0 saturated carbocycles. The van der Waals surface area contributed by atoms with E-state index >= 15 is 0 Å². The molecule has 8 nitrogen and oxygen atoms in total. The van der Waals surface area contributed by atoms with Crippen LogP contribution in [-0.4, -0.2) is 31.0 Å². The summed E-state index contributed by atoms with van der Waals surface area (Å²) >= 11 is 5.69. The number of fused-ring (bicyclic) bond motifs is 1. The van der Waals surface area contributed by atoms with Crippen LogP contribution < -0.4 is 4.31 Å². The number of azo groups is 1. The summed E-state index contributed by atoms with van der Waals surface area (Å²) in [5.41, 5.74) is -0.502. The summed E-state index contributed by atoms with van der Waals surface area (Å²) in [5.74, 6) is -1.46. The van der Waals surface area contributed by atoms with E-state index in [1.165, 1.54) is 24.3 Å². The van der Waals surface area contributed by atoms with E-state index in [2.05, 4.69) is 15.2 Å². The smallest absolute Gasteiger partial charge is 0.417 e. The van der Waals surface area contributed by atoms with E-state index in [-0.39, 0.29) is 16.5 Å². The van der Waals surface area contributed by atoms with Gasteiger partial charge in [0, 0.05) is 5.39 Å². The average Bonchev–Trinajstić information content (AvgIpc) is 3.16. The summed E-state index contributed by atoms with van der Waals surface area (Å²) in [6.07, 6.45) is -4.87. The Balaban J connectivity index is 1.74. The van der Waals surface area contributed by atoms with E-state index < -0.39 is 44.9 Å². The second kappa shape index (κ2) is 9.87. The fourth-order valence-electron chi connectivity index (χ4n) is 3.51. The van der Waals surface area contributed by atoms with Gasteiger partial charge in [-0.3, -0.25) is 9.10 Å². The Bertz CT molecular complexity index is 1620. The summed E-state index contributed by atoms with van der Waals surface area (Å²) in [6.45, 7) is 0.759. The topological polar surface area (TPSA) is 115 Å². The Morgan fingerprint density at radius 3 is 2.43 bits per heavy atom. The van der Waals surface area contributed by atoms with E-state index in [1.807, 2.05) is 0 Å². The first kappa shape index (κ1) is 26.2. The van der Waals surface area contributed by atoms with Crippen molar-refractivity contribution in [2.45, 2.75) is 18.0 Å². The number of nitrogens with zero attached hydrogens (tertiary/aromatic N) is 3. The molecule has 3 aromatic carbocycles. The third-order valence-corrected chi connectivity index (χ3v) is 7.47. The quantitative estimate of drug-likeness (QED) is 0.272. The second-order valence-electron chi connectivity index (χ2n) is 7.95. The predicted octanol–water partition coefficient (Wildman–Crippen LogP) is 6.36. The van der Waals surface area contributed by atoms with Crippen LogP contribution in [0.5, 0.6) is 5.88 Å². The number of hydrogen-bond donors (Lipinski definition) is 2. The van der Waals surface area contributed by atoms with Gasteiger partial charge in [0.15, 0.2) is 5.69 Å². The Labute approximate surface area is 214 Å². The minimum Gasteiger partial charge on any atom is -0.493 e. The number of carbonyl (C=O) groups is 1. The van der Waals surface area contributed by atoms with Gasteiger partial charge in [-0.1, -0.05) is 47.5 Å². The summed E-state index contributed by atoms with van der Waals surface area (Å²) in [7, 11) is -4.51. The van der Waals surface area contributed by atoms with Gasteiger partial charge in [-0.15, -0.1) is 10.2 Å². The Hall–Kier alpha value is -3.90. The molecule has 192 valence electrons. The maximum Gasteiger partial charge on any atom is 0.417 e. The number of nitrogens with one attached hydrogen (secondary N) is 1. The number of alkyl halides is 3. The number of rotatable bonds is 6. The van der Waals surface area contributed by atoms with Gasteiger partial charge in [0.1, 0.15) is 6.54 Å². The van der Waals surface area contributed by atoms with Gasteiger partial charge in [0.2, 0.25) is 5.88 Å². The van der Waals surface area contributed by atoms with Gasteiger partial charge in [-0.05, 0) is 43.3 Å². The van der Waals surface area contributed by atoms with Crippen molar-refractivity contribution in [3.63, 3.8) is 0 Å². The van der Waals surface area contributed by atoms with Crippen molar-refractivity contribution >= 4 is 49.8 Å². The number of sulfonamides is 1. The summed E-state index contributed by atoms with van der Waals surface area (Å²) in [5, 5.41) is 17.2. The van der Waals surface area contributed by atoms with Gasteiger partial charge >= 0.3 is 6.18 Å². The largest absolute Gasteiger partial charge is 0.493 e. The molecule has 0 radical (unpaired) electrons. The maximum atomic E-state index is 13.5. The molecular formula is C24H18ClF3N4O4S. The molecular weight excluding hydrogens is 533 g/mol. The van der Waals surface area contributed by atoms with Crippen LogP contribution in [0.3, 0.4) is 0 Å². The van der Waals surface area contributed by atoms with Crippen LogP contribution in [0, 0.1) is 6.92 Å². The zero-order valence-electron chi connectivity index (χ0n) is 19.0. The van der Waals surface area contributed by atoms with Crippen LogP contribution in [0.1, 0.15) is 11.1 Å². The Kier molecular flexibility index (Phi) is 6.98. The number of benzene rings is 3. The van der Waals surface area contributed by atoms with Crippen molar-refractivity contribution in [2.75, 3.05) is 10.8 Å². The molecule has 0 aliphatic rings. The van der Waals surface area contributed by atoms with Gasteiger partial charge < -0.3 is 10.1 Å². The number of carbonyl (C=O) groups excluding carboxylic acids is 1. The van der Waals surface area contributed by atoms with E-state index in [0.29, 0.717) is 21.3 Å². The van der Waals surface area contributed by atoms with Crippen molar-refractivity contribution in [2.24, 2.45) is 10.2 Å². The first-order chi connectivity index (χ1) is 17.4. The fourth-order valence-corrected chi connectivity index (χ4v) is 5.14. The van der Waals surface area contributed by atoms with E-state index in [1.54, 1.807) is 31.2 Å². The molecule has 4 rings (SSSR count). The lowest BCUT2D eigenvalue weighted by molar-refractivity contribution is -0.137. The van der Waals surface area contributed by atoms with Crippen LogP contribution in [-0.2, 0) is 21.0 Å². The number of hydrogen-bond acceptors (Lipinski definition) is 5. The molecule has 1 heterocycles. The summed E-state index contributed by atoms with van der Waals surface area (Å²) in [4.78, 5) is 15.2. The van der Waals surface area contributed by atoms with E-state index in [9.17, 15) is 31.5 Å². The number of aromatic hydroxyl groups is 1. The molecule has 4 aromatic rings. The van der Waals surface area contributed by atoms with E-state index in [4.69, 9.17) is 11.6 Å². The van der Waals surface area contributed by atoms with Crippen molar-refractivity contribution < 1.29 is 31.5 Å². The summed E-state index contributed by atoms with van der Waals surface area (Å²) in [6, 6.07) is 14.7. The lowest BCUT2D eigenvalue weighted by atomic mass is 10.2. The molecule has 0 fully saturated rings. The molecule has 37 heavy (non-hydrogen) atoms. The first-order valence-electron chi connectivity index (χ1n) is 10.6. The Morgan fingerprint density at radius 2 is 1.76 bits per heavy atom. The monoisotopic (exact) mass is 550 g/mol. The number of para-hydroxylation sites is 1. The number of H-pyrrole nitrogens is 1. The zero-order valence-corrected chi connectivity index (χ0v) is 20.6. The molecule has 0 bridgehead atoms. The first-order valence-corrected chi connectivity index (χ1v) is 12.4. The molecule has 0 spiro atoms. The van der Waals surface area contributed by atoms with Crippen LogP contribution in [0.2, 0.25) is 5.02 Å². The Morgan fingerprint density at radius 1 is 1.08 bits per heavy atom. The zero-order chi connectivity index (χ0) is 27.0. The number of aromatic nitrogens is 1. The molecule has 0 aliphatic heterocycles. The highest BCUT2D eigenvalue weighted by Gasteiger charge is 2.35. The number of halogens is 4. The van der Waals surface area contributed by atoms with Crippen LogP contribution >= 0.6 is 11.6 Å². The number of aryl methyl sites for hydroxylation is 1. The summed E-state index contributed by atoms with van der Waals surface area (Å²) < 4.78 is 67.8. The highest BCUT2D eigenvalue weighted by Crippen LogP contribution is 2.38. The van der Waals surface area contributed by atoms with Gasteiger partial charge in [-0.2, -0.15) is 13.2 Å². The van der Waals surface area contributed by atoms with Crippen LogP contribution in [0.25, 0.3) is 10.9 Å². The van der Waals surface area contributed by atoms with Gasteiger partial charge in [0.25, 0.3) is 15.9 Å². The SMILES string of the molecule is Cc1ccc(S(=O)(=O)N(CC(=O)N=Nc2c(O)[nH]c3ccccc23)c2ccc(Cl)c(C(F)(F)F)c2)cc1. The van der Waals surface area contributed by atoms with Gasteiger partial charge in [-0.25, -0.2) is 8.42 Å². The third-order valence-electron chi connectivity index (χ3n) is 5.35. The van der Waals surface area contributed by atoms with Crippen molar-refractivity contribution in [3.8, 4) is 5.88 Å². The van der Waals surface area contributed by atoms with Crippen molar-refractivity contribution in [1.29, 1.82) is 0 Å². The molecule has 0 saturated heterocycles. The minimum atomic E-state index is -4.87. The standard InChI is InChI=1S/C24H18ClF3N4O4S/c1-14-6-9-16(10-7-14)37(35,36)32(15-8-11-19(25)18(12-15)24(26,27)28)13-21(33)30-31-22-17-4-2-3-5-20(17)29-23(22)34/h2-12,29,34H,13H2,1H3. The van der Waals surface area contributed by atoms with Crippen LogP contribution in [0.15, 0.2) is 81.9 Å². The molecule has 1 amide bonds. The number of amides is 1. The average molecular weight is 551 g/mol.